The number of nitrogens with zero attached hydrogens (tertiary/aromatic N) is 2. The number of primary amides is 1. The maximum atomic E-state index is 13.9. The number of carbonyl (C=O) groups excluding carboxylic acids is 1. The monoisotopic (exact) mass is 266 g/mol. The van der Waals surface area contributed by atoms with Gasteiger partial charge in [0.1, 0.15) is 11.4 Å². The van der Waals surface area contributed by atoms with E-state index in [2.05, 4.69) is 10.4 Å². The van der Waals surface area contributed by atoms with Crippen LogP contribution in [-0.4, -0.2) is 22.7 Å². The molecule has 7 heteroatoms. The summed E-state index contributed by atoms with van der Waals surface area (Å²) < 4.78 is 28.7. The fourth-order valence-electron chi connectivity index (χ4n) is 1.72. The Balaban J connectivity index is 2.46. The molecule has 0 radical (unpaired) electrons. The Hall–Kier alpha value is -2.28. The quantitative estimate of drug-likeness (QED) is 0.866. The number of halogens is 2. The molecule has 5 nitrogen and oxygen atoms in total. The maximum Gasteiger partial charge on any atom is 0.269 e. The molecule has 0 atom stereocenters. The first-order valence-corrected chi connectivity index (χ1v) is 5.51. The van der Waals surface area contributed by atoms with Gasteiger partial charge in [0.2, 0.25) is 0 Å². The van der Waals surface area contributed by atoms with Crippen molar-refractivity contribution in [1.29, 1.82) is 0 Å². The second-order valence-corrected chi connectivity index (χ2v) is 3.95. The fourth-order valence-corrected chi connectivity index (χ4v) is 1.72. The van der Waals surface area contributed by atoms with Crippen LogP contribution in [0.5, 0.6) is 0 Å². The second kappa shape index (κ2) is 5.15. The predicted molar refractivity (Wildman–Crippen MR) is 64.8 cm³/mol. The highest BCUT2D eigenvalue weighted by molar-refractivity contribution is 5.90. The first-order valence-electron chi connectivity index (χ1n) is 5.51. The zero-order valence-corrected chi connectivity index (χ0v) is 10.2. The summed E-state index contributed by atoms with van der Waals surface area (Å²) in [5, 5.41) is 6.52. The Morgan fingerprint density at radius 1 is 1.42 bits per heavy atom. The van der Waals surface area contributed by atoms with E-state index >= 15 is 0 Å². The molecule has 2 rings (SSSR count). The van der Waals surface area contributed by atoms with Crippen LogP contribution >= 0.6 is 0 Å². The van der Waals surface area contributed by atoms with Crippen molar-refractivity contribution >= 4 is 5.91 Å². The molecule has 0 aliphatic rings. The summed E-state index contributed by atoms with van der Waals surface area (Å²) in [6, 6.07) is 3.71. The molecule has 100 valence electrons. The van der Waals surface area contributed by atoms with Gasteiger partial charge in [0.15, 0.2) is 11.6 Å². The number of rotatable bonds is 4. The highest BCUT2D eigenvalue weighted by Gasteiger charge is 2.15. The van der Waals surface area contributed by atoms with Crippen molar-refractivity contribution in [3.8, 4) is 5.69 Å². The third-order valence-corrected chi connectivity index (χ3v) is 2.53. The molecule has 1 aromatic heterocycles. The molecule has 0 spiro atoms. The van der Waals surface area contributed by atoms with Gasteiger partial charge >= 0.3 is 0 Å². The number of aromatic nitrogens is 2. The van der Waals surface area contributed by atoms with E-state index in [4.69, 9.17) is 5.73 Å². The van der Waals surface area contributed by atoms with Gasteiger partial charge in [0, 0.05) is 12.7 Å². The van der Waals surface area contributed by atoms with Crippen LogP contribution < -0.4 is 11.1 Å². The number of nitrogens with one attached hydrogen (secondary N) is 1. The molecule has 1 aromatic carbocycles. The number of benzene rings is 1. The molecule has 0 bridgehead atoms. The molecule has 0 saturated carbocycles. The van der Waals surface area contributed by atoms with Gasteiger partial charge in [-0.3, -0.25) is 4.79 Å². The molecule has 0 fully saturated rings. The summed E-state index contributed by atoms with van der Waals surface area (Å²) in [4.78, 5) is 10.9. The summed E-state index contributed by atoms with van der Waals surface area (Å²) in [6.07, 6.45) is 1.28. The predicted octanol–water partition coefficient (Wildman–Crippen LogP) is 0.969. The lowest BCUT2D eigenvalue weighted by Crippen LogP contribution is -2.13. The third-order valence-electron chi connectivity index (χ3n) is 2.53. The van der Waals surface area contributed by atoms with Gasteiger partial charge < -0.3 is 11.1 Å². The molecule has 0 saturated heterocycles. The van der Waals surface area contributed by atoms with Crippen molar-refractivity contribution in [3.05, 3.63) is 47.3 Å². The van der Waals surface area contributed by atoms with Crippen molar-refractivity contribution in [1.82, 2.24) is 15.1 Å². The lowest BCUT2D eigenvalue weighted by Gasteiger charge is -2.08. The van der Waals surface area contributed by atoms with Gasteiger partial charge in [0.25, 0.3) is 5.91 Å². The summed E-state index contributed by atoms with van der Waals surface area (Å²) in [5.41, 5.74) is 5.11. The lowest BCUT2D eigenvalue weighted by molar-refractivity contribution is 0.0995. The SMILES string of the molecule is CNCc1cc(F)c(-n2ccc(C(N)=O)n2)c(F)c1. The largest absolute Gasteiger partial charge is 0.364 e. The standard InChI is InChI=1S/C12H12F2N4O/c1-16-6-7-4-8(13)11(9(14)5-7)18-3-2-10(17-18)12(15)19/h2-5,16H,6H2,1H3,(H2,15,19). The number of nitrogens with two attached hydrogens (primary N) is 1. The van der Waals surface area contributed by atoms with E-state index in [1.54, 1.807) is 7.05 Å². The normalized spacial score (nSPS) is 10.7. The highest BCUT2D eigenvalue weighted by Crippen LogP contribution is 2.19. The maximum absolute atomic E-state index is 13.9. The van der Waals surface area contributed by atoms with E-state index in [-0.39, 0.29) is 11.4 Å². The van der Waals surface area contributed by atoms with Crippen molar-refractivity contribution in [2.75, 3.05) is 7.05 Å². The molecule has 0 aliphatic heterocycles. The zero-order valence-electron chi connectivity index (χ0n) is 10.2. The van der Waals surface area contributed by atoms with Crippen LogP contribution in [0.4, 0.5) is 8.78 Å². The molecule has 1 amide bonds. The van der Waals surface area contributed by atoms with E-state index in [1.165, 1.54) is 24.4 Å². The van der Waals surface area contributed by atoms with Crippen LogP contribution in [0.25, 0.3) is 5.69 Å². The fraction of sp³-hybridized carbons (Fsp3) is 0.167. The van der Waals surface area contributed by atoms with Gasteiger partial charge in [-0.2, -0.15) is 5.10 Å². The van der Waals surface area contributed by atoms with E-state index in [0.29, 0.717) is 12.1 Å². The van der Waals surface area contributed by atoms with Gasteiger partial charge in [-0.1, -0.05) is 0 Å². The third kappa shape index (κ3) is 2.60. The minimum absolute atomic E-state index is 0.0573. The van der Waals surface area contributed by atoms with Crippen LogP contribution in [0, 0.1) is 11.6 Å². The number of hydrogen-bond acceptors (Lipinski definition) is 3. The topological polar surface area (TPSA) is 72.9 Å². The number of hydrogen-bond donors (Lipinski definition) is 2. The van der Waals surface area contributed by atoms with Crippen molar-refractivity contribution in [2.45, 2.75) is 6.54 Å². The Kier molecular flexibility index (Phi) is 3.57. The first kappa shape index (κ1) is 13.2. The minimum Gasteiger partial charge on any atom is -0.364 e. The molecule has 19 heavy (non-hydrogen) atoms. The average Bonchev–Trinajstić information content (AvgIpc) is 2.78. The van der Waals surface area contributed by atoms with Crippen molar-refractivity contribution < 1.29 is 13.6 Å². The first-order chi connectivity index (χ1) is 9.02. The summed E-state index contributed by atoms with van der Waals surface area (Å²) in [7, 11) is 1.68. The molecule has 0 unspecified atom stereocenters. The van der Waals surface area contributed by atoms with Crippen LogP contribution in [0.15, 0.2) is 24.4 Å². The van der Waals surface area contributed by atoms with Gasteiger partial charge in [-0.05, 0) is 30.8 Å². The Bertz CT molecular complexity index is 601. The van der Waals surface area contributed by atoms with E-state index in [1.807, 2.05) is 0 Å². The van der Waals surface area contributed by atoms with Crippen LogP contribution in [-0.2, 0) is 6.54 Å². The molecule has 1 heterocycles. The summed E-state index contributed by atoms with van der Waals surface area (Å²) in [5.74, 6) is -2.28. The zero-order chi connectivity index (χ0) is 14.0. The smallest absolute Gasteiger partial charge is 0.269 e. The van der Waals surface area contributed by atoms with Gasteiger partial charge in [0.05, 0.1) is 0 Å². The molecular formula is C12H12F2N4O. The Morgan fingerprint density at radius 3 is 2.53 bits per heavy atom. The highest BCUT2D eigenvalue weighted by atomic mass is 19.1. The molecular weight excluding hydrogens is 254 g/mol. The van der Waals surface area contributed by atoms with Crippen molar-refractivity contribution in [2.24, 2.45) is 5.73 Å². The summed E-state index contributed by atoms with van der Waals surface area (Å²) >= 11 is 0. The van der Waals surface area contributed by atoms with E-state index < -0.39 is 17.5 Å². The average molecular weight is 266 g/mol. The number of amides is 1. The second-order valence-electron chi connectivity index (χ2n) is 3.95. The van der Waals surface area contributed by atoms with E-state index in [0.717, 1.165) is 4.68 Å². The van der Waals surface area contributed by atoms with Crippen molar-refractivity contribution in [3.63, 3.8) is 0 Å². The lowest BCUT2D eigenvalue weighted by atomic mass is 10.2. The van der Waals surface area contributed by atoms with Gasteiger partial charge in [-0.25, -0.2) is 13.5 Å². The Morgan fingerprint density at radius 2 is 2.05 bits per heavy atom. The van der Waals surface area contributed by atoms with Crippen LogP contribution in [0.3, 0.4) is 0 Å². The summed E-state index contributed by atoms with van der Waals surface area (Å²) in [6.45, 7) is 0.347. The van der Waals surface area contributed by atoms with Crippen LogP contribution in [0.2, 0.25) is 0 Å². The van der Waals surface area contributed by atoms with Crippen LogP contribution in [0.1, 0.15) is 16.1 Å². The van der Waals surface area contributed by atoms with E-state index in [9.17, 15) is 13.6 Å². The Labute approximate surface area is 108 Å². The number of carbonyl (C=O) groups is 1. The minimum atomic E-state index is -0.760. The molecule has 2 aromatic rings. The van der Waals surface area contributed by atoms with Gasteiger partial charge in [-0.15, -0.1) is 0 Å². The molecule has 3 N–H and O–H groups in total. The molecule has 0 aliphatic carbocycles.